The second-order valence-corrected chi connectivity index (χ2v) is 7.37. The van der Waals surface area contributed by atoms with E-state index in [0.29, 0.717) is 42.7 Å². The largest absolute Gasteiger partial charge is 0.397 e. The van der Waals surface area contributed by atoms with E-state index in [-0.39, 0.29) is 24.1 Å². The second-order valence-electron chi connectivity index (χ2n) is 7.37. The monoisotopic (exact) mass is 419 g/mol. The standard InChI is InChI=1S/C25H26FN3O2/c26-20-12-14-21(15-13-20)29(25(31)10-6-2-5-9-24(28)30)23-17-19(11-16-22(23)27)18-7-3-1-4-8-18/h1,3-4,7-8,11-17H,2,5-6,9-10,27H2,(H2,28,30). The number of amides is 2. The molecule has 6 heteroatoms. The van der Waals surface area contributed by atoms with E-state index in [2.05, 4.69) is 0 Å². The third-order valence-electron chi connectivity index (χ3n) is 5.03. The van der Waals surface area contributed by atoms with Gasteiger partial charge in [0.1, 0.15) is 5.82 Å². The Hall–Kier alpha value is -3.67. The molecule has 0 unspecified atom stereocenters. The Morgan fingerprint density at radius 3 is 2.16 bits per heavy atom. The topological polar surface area (TPSA) is 89.4 Å². The molecule has 0 atom stereocenters. The zero-order valence-corrected chi connectivity index (χ0v) is 17.3. The highest BCUT2D eigenvalue weighted by Gasteiger charge is 2.21. The van der Waals surface area contributed by atoms with Crippen molar-refractivity contribution in [3.8, 4) is 11.1 Å². The van der Waals surface area contributed by atoms with E-state index in [1.165, 1.54) is 17.0 Å². The summed E-state index contributed by atoms with van der Waals surface area (Å²) in [5.74, 6) is -0.874. The van der Waals surface area contributed by atoms with Crippen LogP contribution in [0.15, 0.2) is 72.8 Å². The van der Waals surface area contributed by atoms with Crippen LogP contribution in [0.4, 0.5) is 21.5 Å². The Bertz CT molecular complexity index is 1040. The quantitative estimate of drug-likeness (QED) is 0.370. The lowest BCUT2D eigenvalue weighted by atomic mass is 10.0. The van der Waals surface area contributed by atoms with E-state index in [1.54, 1.807) is 18.2 Å². The van der Waals surface area contributed by atoms with Gasteiger partial charge in [-0.15, -0.1) is 0 Å². The van der Waals surface area contributed by atoms with Crippen molar-refractivity contribution in [2.45, 2.75) is 32.1 Å². The van der Waals surface area contributed by atoms with Gasteiger partial charge in [0.05, 0.1) is 11.4 Å². The van der Waals surface area contributed by atoms with Crippen molar-refractivity contribution in [1.82, 2.24) is 0 Å². The third-order valence-corrected chi connectivity index (χ3v) is 5.03. The first-order valence-electron chi connectivity index (χ1n) is 10.3. The normalized spacial score (nSPS) is 10.6. The van der Waals surface area contributed by atoms with Crippen molar-refractivity contribution in [2.24, 2.45) is 5.73 Å². The van der Waals surface area contributed by atoms with Gasteiger partial charge in [-0.2, -0.15) is 0 Å². The first-order valence-corrected chi connectivity index (χ1v) is 10.3. The van der Waals surface area contributed by atoms with E-state index in [9.17, 15) is 14.0 Å². The second kappa shape index (κ2) is 10.4. The molecule has 5 nitrogen and oxygen atoms in total. The molecule has 0 spiro atoms. The van der Waals surface area contributed by atoms with Crippen LogP contribution in [0.2, 0.25) is 0 Å². The van der Waals surface area contributed by atoms with Crippen molar-refractivity contribution in [1.29, 1.82) is 0 Å². The van der Waals surface area contributed by atoms with E-state index in [0.717, 1.165) is 11.1 Å². The number of hydrogen-bond acceptors (Lipinski definition) is 3. The van der Waals surface area contributed by atoms with Gasteiger partial charge in [0.2, 0.25) is 11.8 Å². The average Bonchev–Trinajstić information content (AvgIpc) is 2.76. The van der Waals surface area contributed by atoms with Crippen LogP contribution < -0.4 is 16.4 Å². The molecule has 0 saturated carbocycles. The lowest BCUT2D eigenvalue weighted by Crippen LogP contribution is -2.26. The van der Waals surface area contributed by atoms with Crippen molar-refractivity contribution in [3.63, 3.8) is 0 Å². The molecular weight excluding hydrogens is 393 g/mol. The van der Waals surface area contributed by atoms with Gasteiger partial charge in [-0.1, -0.05) is 42.8 Å². The Kier molecular flexibility index (Phi) is 7.38. The number of carbonyl (C=O) groups excluding carboxylic acids is 2. The number of unbranched alkanes of at least 4 members (excludes halogenated alkanes) is 2. The number of halogens is 1. The maximum Gasteiger partial charge on any atom is 0.231 e. The molecule has 0 radical (unpaired) electrons. The highest BCUT2D eigenvalue weighted by Crippen LogP contribution is 2.35. The van der Waals surface area contributed by atoms with Crippen LogP contribution in [0.1, 0.15) is 32.1 Å². The molecule has 3 rings (SSSR count). The molecule has 3 aromatic rings. The van der Waals surface area contributed by atoms with Crippen LogP contribution in [0.25, 0.3) is 11.1 Å². The van der Waals surface area contributed by atoms with Gasteiger partial charge >= 0.3 is 0 Å². The smallest absolute Gasteiger partial charge is 0.231 e. The van der Waals surface area contributed by atoms with Crippen molar-refractivity contribution >= 4 is 28.9 Å². The highest BCUT2D eigenvalue weighted by atomic mass is 19.1. The van der Waals surface area contributed by atoms with Crippen LogP contribution >= 0.6 is 0 Å². The summed E-state index contributed by atoms with van der Waals surface area (Å²) < 4.78 is 13.5. The minimum atomic E-state index is -0.381. The molecule has 160 valence electrons. The van der Waals surface area contributed by atoms with E-state index >= 15 is 0 Å². The van der Waals surface area contributed by atoms with Crippen molar-refractivity contribution in [2.75, 3.05) is 10.6 Å². The van der Waals surface area contributed by atoms with E-state index < -0.39 is 0 Å². The predicted molar refractivity (Wildman–Crippen MR) is 122 cm³/mol. The molecule has 2 amide bonds. The van der Waals surface area contributed by atoms with Gasteiger partial charge in [0, 0.05) is 18.5 Å². The summed E-state index contributed by atoms with van der Waals surface area (Å²) in [6.07, 6.45) is 2.55. The van der Waals surface area contributed by atoms with E-state index in [1.807, 2.05) is 42.5 Å². The van der Waals surface area contributed by atoms with Gasteiger partial charge in [-0.05, 0) is 60.4 Å². The lowest BCUT2D eigenvalue weighted by Gasteiger charge is -2.25. The number of benzene rings is 3. The number of hydrogen-bond donors (Lipinski definition) is 2. The van der Waals surface area contributed by atoms with Gasteiger partial charge in [0.25, 0.3) is 0 Å². The first kappa shape index (κ1) is 22.0. The van der Waals surface area contributed by atoms with Gasteiger partial charge < -0.3 is 11.5 Å². The molecular formula is C25H26FN3O2. The van der Waals surface area contributed by atoms with Crippen LogP contribution in [0.5, 0.6) is 0 Å². The maximum atomic E-state index is 13.5. The molecule has 3 aromatic carbocycles. The molecule has 0 fully saturated rings. The Labute approximate surface area is 181 Å². The number of nitrogens with zero attached hydrogens (tertiary/aromatic N) is 1. The number of primary amides is 1. The molecule has 0 bridgehead atoms. The number of rotatable bonds is 9. The van der Waals surface area contributed by atoms with Crippen LogP contribution in [-0.2, 0) is 9.59 Å². The summed E-state index contributed by atoms with van der Waals surface area (Å²) in [4.78, 5) is 25.6. The predicted octanol–water partition coefficient (Wildman–Crippen LogP) is 5.18. The summed E-state index contributed by atoms with van der Waals surface area (Å²) in [7, 11) is 0. The summed E-state index contributed by atoms with van der Waals surface area (Å²) in [5, 5.41) is 0. The zero-order chi connectivity index (χ0) is 22.2. The van der Waals surface area contributed by atoms with Gasteiger partial charge in [0.15, 0.2) is 0 Å². The van der Waals surface area contributed by atoms with Crippen molar-refractivity contribution < 1.29 is 14.0 Å². The molecule has 31 heavy (non-hydrogen) atoms. The Balaban J connectivity index is 1.90. The summed E-state index contributed by atoms with van der Waals surface area (Å²) >= 11 is 0. The minimum absolute atomic E-state index is 0.150. The SMILES string of the molecule is NC(=O)CCCCCC(=O)N(c1ccc(F)cc1)c1cc(-c2ccccc2)ccc1N. The molecule has 0 aliphatic heterocycles. The lowest BCUT2D eigenvalue weighted by molar-refractivity contribution is -0.118. The average molecular weight is 420 g/mol. The fraction of sp³-hybridized carbons (Fsp3) is 0.200. The maximum absolute atomic E-state index is 13.5. The molecule has 0 aliphatic carbocycles. The number of anilines is 3. The Morgan fingerprint density at radius 1 is 0.806 bits per heavy atom. The summed E-state index contributed by atoms with van der Waals surface area (Å²) in [6, 6.07) is 21.1. The van der Waals surface area contributed by atoms with Gasteiger partial charge in [-0.3, -0.25) is 14.5 Å². The molecule has 0 heterocycles. The highest BCUT2D eigenvalue weighted by molar-refractivity contribution is 6.03. The zero-order valence-electron chi connectivity index (χ0n) is 17.3. The van der Waals surface area contributed by atoms with Crippen LogP contribution in [0.3, 0.4) is 0 Å². The fourth-order valence-corrected chi connectivity index (χ4v) is 3.42. The number of carbonyl (C=O) groups is 2. The summed E-state index contributed by atoms with van der Waals surface area (Å²) in [6.45, 7) is 0. The Morgan fingerprint density at radius 2 is 1.48 bits per heavy atom. The third kappa shape index (κ3) is 5.92. The van der Waals surface area contributed by atoms with Gasteiger partial charge in [-0.25, -0.2) is 4.39 Å². The minimum Gasteiger partial charge on any atom is -0.397 e. The fourth-order valence-electron chi connectivity index (χ4n) is 3.42. The van der Waals surface area contributed by atoms with Crippen molar-refractivity contribution in [3.05, 3.63) is 78.6 Å². The molecule has 0 aliphatic rings. The number of nitrogens with two attached hydrogens (primary N) is 2. The van der Waals surface area contributed by atoms with Crippen LogP contribution in [0, 0.1) is 5.82 Å². The van der Waals surface area contributed by atoms with Crippen LogP contribution in [-0.4, -0.2) is 11.8 Å². The molecule has 4 N–H and O–H groups in total. The summed E-state index contributed by atoms with van der Waals surface area (Å²) in [5.41, 5.74) is 14.9. The molecule has 0 saturated heterocycles. The molecule has 0 aromatic heterocycles. The number of nitrogen functional groups attached to an aromatic ring is 1. The first-order chi connectivity index (χ1) is 15.0. The van der Waals surface area contributed by atoms with E-state index in [4.69, 9.17) is 11.5 Å².